The monoisotopic (exact) mass is 178 g/mol. The highest BCUT2D eigenvalue weighted by molar-refractivity contribution is 5.16. The normalized spacial score (nSPS) is 23.2. The molecule has 1 aromatic heterocycles. The average Bonchev–Trinajstić information content (AvgIpc) is 2.87. The van der Waals surface area contributed by atoms with Crippen molar-refractivity contribution >= 4 is 0 Å². The molecule has 1 aliphatic heterocycles. The summed E-state index contributed by atoms with van der Waals surface area (Å²) in [5.41, 5.74) is 1.18. The molecule has 1 aliphatic carbocycles. The van der Waals surface area contributed by atoms with Crippen LogP contribution < -0.4 is 0 Å². The molecule has 1 saturated carbocycles. The van der Waals surface area contributed by atoms with Gasteiger partial charge >= 0.3 is 0 Å². The summed E-state index contributed by atoms with van der Waals surface area (Å²) in [7, 11) is 2.13. The number of hydrogen-bond acceptors (Lipinski definition) is 3. The van der Waals surface area contributed by atoms with Gasteiger partial charge < -0.3 is 4.42 Å². The Morgan fingerprint density at radius 1 is 1.46 bits per heavy atom. The van der Waals surface area contributed by atoms with E-state index in [0.717, 1.165) is 31.2 Å². The molecule has 1 fully saturated rings. The van der Waals surface area contributed by atoms with E-state index in [1.165, 1.54) is 18.5 Å². The second-order valence-corrected chi connectivity index (χ2v) is 4.18. The van der Waals surface area contributed by atoms with Gasteiger partial charge in [-0.25, -0.2) is 4.98 Å². The molecular weight excluding hydrogens is 164 g/mol. The smallest absolute Gasteiger partial charge is 0.197 e. The van der Waals surface area contributed by atoms with Crippen LogP contribution in [-0.2, 0) is 13.0 Å². The molecule has 0 N–H and O–H groups in total. The fourth-order valence-corrected chi connectivity index (χ4v) is 1.85. The van der Waals surface area contributed by atoms with Crippen molar-refractivity contribution in [2.24, 2.45) is 0 Å². The number of fused-ring (bicyclic) bond motifs is 1. The van der Waals surface area contributed by atoms with Gasteiger partial charge in [-0.2, -0.15) is 0 Å². The lowest BCUT2D eigenvalue weighted by atomic mass is 10.2. The molecule has 0 radical (unpaired) electrons. The lowest BCUT2D eigenvalue weighted by Crippen LogP contribution is -2.25. The zero-order chi connectivity index (χ0) is 8.84. The number of nitrogens with zero attached hydrogens (tertiary/aromatic N) is 2. The van der Waals surface area contributed by atoms with Gasteiger partial charge in [-0.1, -0.05) is 0 Å². The maximum Gasteiger partial charge on any atom is 0.197 e. The molecule has 13 heavy (non-hydrogen) atoms. The van der Waals surface area contributed by atoms with Crippen LogP contribution in [0.25, 0.3) is 0 Å². The van der Waals surface area contributed by atoms with E-state index in [0.29, 0.717) is 5.92 Å². The van der Waals surface area contributed by atoms with Crippen LogP contribution in [0.15, 0.2) is 4.42 Å². The van der Waals surface area contributed by atoms with Crippen molar-refractivity contribution < 1.29 is 4.42 Å². The van der Waals surface area contributed by atoms with Gasteiger partial charge in [0.1, 0.15) is 5.76 Å². The summed E-state index contributed by atoms with van der Waals surface area (Å²) in [6.07, 6.45) is 3.58. The molecule has 0 aromatic carbocycles. The van der Waals surface area contributed by atoms with Gasteiger partial charge in [-0.3, -0.25) is 4.90 Å². The third-order valence-corrected chi connectivity index (χ3v) is 2.86. The van der Waals surface area contributed by atoms with Gasteiger partial charge in [-0.15, -0.1) is 0 Å². The van der Waals surface area contributed by atoms with E-state index in [4.69, 9.17) is 4.42 Å². The van der Waals surface area contributed by atoms with Gasteiger partial charge in [0.2, 0.25) is 0 Å². The molecule has 0 bridgehead atoms. The highest BCUT2D eigenvalue weighted by atomic mass is 16.4. The molecule has 0 spiro atoms. The van der Waals surface area contributed by atoms with Crippen LogP contribution in [-0.4, -0.2) is 23.5 Å². The first-order valence-electron chi connectivity index (χ1n) is 5.00. The Labute approximate surface area is 77.7 Å². The summed E-state index contributed by atoms with van der Waals surface area (Å²) in [4.78, 5) is 6.85. The Morgan fingerprint density at radius 2 is 2.31 bits per heavy atom. The van der Waals surface area contributed by atoms with E-state index >= 15 is 0 Å². The number of likely N-dealkylation sites (N-methyl/N-ethyl adjacent to an activating group) is 1. The Morgan fingerprint density at radius 3 is 3.08 bits per heavy atom. The number of oxazole rings is 1. The predicted molar refractivity (Wildman–Crippen MR) is 48.5 cm³/mol. The molecule has 2 aliphatic rings. The molecule has 0 unspecified atom stereocenters. The first-order chi connectivity index (χ1) is 6.33. The zero-order valence-electron chi connectivity index (χ0n) is 7.92. The number of aromatic nitrogens is 1. The van der Waals surface area contributed by atoms with Crippen LogP contribution >= 0.6 is 0 Å². The predicted octanol–water partition coefficient (Wildman–Crippen LogP) is 1.54. The van der Waals surface area contributed by atoms with Crippen LogP contribution in [0.5, 0.6) is 0 Å². The molecule has 3 rings (SSSR count). The Hall–Kier alpha value is -0.830. The van der Waals surface area contributed by atoms with E-state index in [-0.39, 0.29) is 0 Å². The lowest BCUT2D eigenvalue weighted by molar-refractivity contribution is 0.290. The zero-order valence-corrected chi connectivity index (χ0v) is 7.92. The lowest BCUT2D eigenvalue weighted by Gasteiger charge is -2.19. The summed E-state index contributed by atoms with van der Waals surface area (Å²) in [6.45, 7) is 2.07. The van der Waals surface area contributed by atoms with Crippen molar-refractivity contribution in [1.82, 2.24) is 9.88 Å². The summed E-state index contributed by atoms with van der Waals surface area (Å²) in [5.74, 6) is 2.79. The topological polar surface area (TPSA) is 29.3 Å². The maximum atomic E-state index is 5.74. The molecule has 1 aromatic rings. The van der Waals surface area contributed by atoms with Crippen LogP contribution in [0.3, 0.4) is 0 Å². The Balaban J connectivity index is 1.93. The highest BCUT2D eigenvalue weighted by Gasteiger charge is 2.31. The molecular formula is C10H14N2O. The highest BCUT2D eigenvalue weighted by Crippen LogP contribution is 2.40. The van der Waals surface area contributed by atoms with Crippen LogP contribution in [0, 0.1) is 0 Å². The van der Waals surface area contributed by atoms with Crippen molar-refractivity contribution in [2.45, 2.75) is 31.7 Å². The van der Waals surface area contributed by atoms with Gasteiger partial charge in [-0.05, 0) is 19.9 Å². The van der Waals surface area contributed by atoms with Crippen LogP contribution in [0.4, 0.5) is 0 Å². The molecule has 3 heteroatoms. The second kappa shape index (κ2) is 2.58. The SMILES string of the molecule is CN1CCc2oc(C3CC3)nc2C1. The first kappa shape index (κ1) is 7.56. The summed E-state index contributed by atoms with van der Waals surface area (Å²) < 4.78 is 5.74. The van der Waals surface area contributed by atoms with Gasteiger partial charge in [0.05, 0.1) is 5.69 Å². The van der Waals surface area contributed by atoms with Gasteiger partial charge in [0.25, 0.3) is 0 Å². The van der Waals surface area contributed by atoms with Gasteiger partial charge in [0, 0.05) is 25.4 Å². The fourth-order valence-electron chi connectivity index (χ4n) is 1.85. The molecule has 0 amide bonds. The summed E-state index contributed by atoms with van der Waals surface area (Å²) >= 11 is 0. The number of hydrogen-bond donors (Lipinski definition) is 0. The van der Waals surface area contributed by atoms with Crippen LogP contribution in [0.1, 0.15) is 36.1 Å². The van der Waals surface area contributed by atoms with Crippen molar-refractivity contribution in [1.29, 1.82) is 0 Å². The minimum absolute atomic E-state index is 0.649. The average molecular weight is 178 g/mol. The largest absolute Gasteiger partial charge is 0.445 e. The Kier molecular flexibility index (Phi) is 1.50. The minimum atomic E-state index is 0.649. The third-order valence-electron chi connectivity index (χ3n) is 2.86. The first-order valence-corrected chi connectivity index (χ1v) is 5.00. The fraction of sp³-hybridized carbons (Fsp3) is 0.700. The maximum absolute atomic E-state index is 5.74. The van der Waals surface area contributed by atoms with Crippen molar-refractivity contribution in [2.75, 3.05) is 13.6 Å². The molecule has 0 atom stereocenters. The van der Waals surface area contributed by atoms with E-state index in [2.05, 4.69) is 16.9 Å². The standard InChI is InChI=1S/C10H14N2O/c1-12-5-4-9-8(6-12)11-10(13-9)7-2-3-7/h7H,2-6H2,1H3. The van der Waals surface area contributed by atoms with E-state index < -0.39 is 0 Å². The summed E-state index contributed by atoms with van der Waals surface area (Å²) in [6, 6.07) is 0. The second-order valence-electron chi connectivity index (χ2n) is 4.18. The third kappa shape index (κ3) is 1.27. The molecule has 2 heterocycles. The van der Waals surface area contributed by atoms with Crippen molar-refractivity contribution in [3.8, 4) is 0 Å². The number of rotatable bonds is 1. The Bertz CT molecular complexity index is 328. The molecule has 0 saturated heterocycles. The summed E-state index contributed by atoms with van der Waals surface area (Å²) in [5, 5.41) is 0. The van der Waals surface area contributed by atoms with E-state index in [1.807, 2.05) is 0 Å². The minimum Gasteiger partial charge on any atom is -0.445 e. The quantitative estimate of drug-likeness (QED) is 0.653. The van der Waals surface area contributed by atoms with Crippen molar-refractivity contribution in [3.63, 3.8) is 0 Å². The van der Waals surface area contributed by atoms with E-state index in [9.17, 15) is 0 Å². The van der Waals surface area contributed by atoms with Gasteiger partial charge in [0.15, 0.2) is 5.89 Å². The van der Waals surface area contributed by atoms with Crippen molar-refractivity contribution in [3.05, 3.63) is 17.3 Å². The van der Waals surface area contributed by atoms with Crippen LogP contribution in [0.2, 0.25) is 0 Å². The molecule has 70 valence electrons. The van der Waals surface area contributed by atoms with E-state index in [1.54, 1.807) is 0 Å². The molecule has 3 nitrogen and oxygen atoms in total.